The molecule has 27 heavy (non-hydrogen) atoms. The van der Waals surface area contributed by atoms with Gasteiger partial charge >= 0.3 is 0 Å². The summed E-state index contributed by atoms with van der Waals surface area (Å²) in [4.78, 5) is 10.4. The van der Waals surface area contributed by atoms with Gasteiger partial charge in [0, 0.05) is 5.69 Å². The lowest BCUT2D eigenvalue weighted by Gasteiger charge is -2.38. The second-order valence-electron chi connectivity index (χ2n) is 7.06. The predicted octanol–water partition coefficient (Wildman–Crippen LogP) is 3.27. The van der Waals surface area contributed by atoms with Crippen molar-refractivity contribution in [3.05, 3.63) is 60.2 Å². The summed E-state index contributed by atoms with van der Waals surface area (Å²) in [7, 11) is 0. The molecule has 0 aromatic heterocycles. The predicted molar refractivity (Wildman–Crippen MR) is 111 cm³/mol. The molecule has 3 rings (SSSR count). The van der Waals surface area contributed by atoms with Crippen LogP contribution in [0, 0.1) is 0 Å². The molecule has 1 aliphatic rings. The number of hydrogen-bond donors (Lipinski definition) is 2. The molecule has 0 unspecified atom stereocenters. The topological polar surface area (TPSA) is 89.2 Å². The molecular weight excluding hydrogens is 338 g/mol. The average molecular weight is 365 g/mol. The molecule has 142 valence electrons. The third kappa shape index (κ3) is 4.78. The number of unbranched alkanes of at least 4 members (excludes halogenated alkanes) is 1. The quantitative estimate of drug-likeness (QED) is 0.737. The van der Waals surface area contributed by atoms with Crippen molar-refractivity contribution in [2.24, 2.45) is 21.5 Å². The first-order chi connectivity index (χ1) is 13.0. The fraction of sp³-hybridized carbons (Fsp3) is 0.333. The van der Waals surface area contributed by atoms with Crippen molar-refractivity contribution in [1.82, 2.24) is 0 Å². The number of nitrogens with zero attached hydrogens (tertiary/aromatic N) is 3. The van der Waals surface area contributed by atoms with Crippen molar-refractivity contribution in [3.8, 4) is 5.75 Å². The van der Waals surface area contributed by atoms with Gasteiger partial charge < -0.3 is 16.2 Å². The normalized spacial score (nSPS) is 15.9. The molecule has 0 amide bonds. The maximum atomic E-state index is 6.12. The van der Waals surface area contributed by atoms with Crippen molar-refractivity contribution in [2.45, 2.75) is 38.8 Å². The van der Waals surface area contributed by atoms with Crippen molar-refractivity contribution in [3.63, 3.8) is 0 Å². The smallest absolute Gasteiger partial charge is 0.220 e. The fourth-order valence-corrected chi connectivity index (χ4v) is 3.24. The van der Waals surface area contributed by atoms with Gasteiger partial charge in [-0.05, 0) is 62.9 Å². The second kappa shape index (κ2) is 8.12. The minimum Gasteiger partial charge on any atom is -0.494 e. The zero-order valence-corrected chi connectivity index (χ0v) is 15.9. The summed E-state index contributed by atoms with van der Waals surface area (Å²) in [6, 6.07) is 18.2. The maximum Gasteiger partial charge on any atom is 0.220 e. The number of hydrogen-bond acceptors (Lipinski definition) is 6. The number of ether oxygens (including phenoxy) is 1. The van der Waals surface area contributed by atoms with Gasteiger partial charge in [0.15, 0.2) is 0 Å². The van der Waals surface area contributed by atoms with Crippen LogP contribution in [-0.2, 0) is 6.42 Å². The van der Waals surface area contributed by atoms with Gasteiger partial charge in [-0.2, -0.15) is 4.99 Å². The van der Waals surface area contributed by atoms with Crippen molar-refractivity contribution in [2.75, 3.05) is 11.5 Å². The lowest BCUT2D eigenvalue weighted by atomic mass is 10.1. The highest BCUT2D eigenvalue weighted by Gasteiger charge is 2.32. The zero-order chi connectivity index (χ0) is 19.3. The van der Waals surface area contributed by atoms with E-state index in [-0.39, 0.29) is 5.96 Å². The van der Waals surface area contributed by atoms with Crippen LogP contribution in [0.3, 0.4) is 0 Å². The van der Waals surface area contributed by atoms with E-state index in [1.807, 2.05) is 61.2 Å². The van der Waals surface area contributed by atoms with E-state index in [2.05, 4.69) is 22.1 Å². The molecule has 0 fully saturated rings. The first kappa shape index (κ1) is 18.8. The Hall–Kier alpha value is -3.02. The molecule has 0 saturated carbocycles. The Morgan fingerprint density at radius 3 is 2.52 bits per heavy atom. The molecule has 1 heterocycles. The van der Waals surface area contributed by atoms with Gasteiger partial charge in [0.1, 0.15) is 11.4 Å². The summed E-state index contributed by atoms with van der Waals surface area (Å²) in [5.41, 5.74) is 13.5. The average Bonchev–Trinajstić information content (AvgIpc) is 2.61. The number of aryl methyl sites for hydroxylation is 1. The SMILES string of the molecule is CC1(C)N=C(N)N=C(N)N1c1cccc(CCCCOc2ccccc2)c1. The number of aliphatic imine (C=N–C) groups is 2. The molecule has 2 aromatic rings. The number of para-hydroxylation sites is 1. The number of nitrogens with two attached hydrogens (primary N) is 2. The van der Waals surface area contributed by atoms with Crippen LogP contribution in [-0.4, -0.2) is 24.2 Å². The van der Waals surface area contributed by atoms with Crippen LogP contribution >= 0.6 is 0 Å². The molecule has 0 radical (unpaired) electrons. The Bertz CT molecular complexity index is 829. The molecule has 0 bridgehead atoms. The number of benzene rings is 2. The van der Waals surface area contributed by atoms with E-state index in [0.29, 0.717) is 5.96 Å². The van der Waals surface area contributed by atoms with Crippen LogP contribution in [0.25, 0.3) is 0 Å². The van der Waals surface area contributed by atoms with E-state index >= 15 is 0 Å². The van der Waals surface area contributed by atoms with Gasteiger partial charge in [-0.25, -0.2) is 4.99 Å². The fourth-order valence-electron chi connectivity index (χ4n) is 3.24. The number of rotatable bonds is 7. The lowest BCUT2D eigenvalue weighted by Crippen LogP contribution is -2.54. The van der Waals surface area contributed by atoms with Crippen LogP contribution in [0.1, 0.15) is 32.3 Å². The van der Waals surface area contributed by atoms with E-state index in [0.717, 1.165) is 37.3 Å². The Balaban J connectivity index is 1.57. The molecule has 0 atom stereocenters. The summed E-state index contributed by atoms with van der Waals surface area (Å²) in [6.45, 7) is 4.65. The standard InChI is InChI=1S/C21H27N5O/c1-21(2)25-19(22)24-20(23)26(21)17-11-8-10-16(15-17)9-6-7-14-27-18-12-4-3-5-13-18/h3-5,8,10-13,15H,6-7,9,14H2,1-2H3,(H4,22,23,24,25). The first-order valence-electron chi connectivity index (χ1n) is 9.22. The maximum absolute atomic E-state index is 6.12. The van der Waals surface area contributed by atoms with Crippen LogP contribution < -0.4 is 21.1 Å². The summed E-state index contributed by atoms with van der Waals surface area (Å²) in [6.07, 6.45) is 3.02. The zero-order valence-electron chi connectivity index (χ0n) is 15.9. The third-order valence-electron chi connectivity index (χ3n) is 4.43. The molecular formula is C21H27N5O. The van der Waals surface area contributed by atoms with Crippen LogP contribution in [0.15, 0.2) is 64.6 Å². The highest BCUT2D eigenvalue weighted by molar-refractivity contribution is 6.05. The van der Waals surface area contributed by atoms with Gasteiger partial charge in [-0.3, -0.25) is 4.90 Å². The Morgan fingerprint density at radius 1 is 1.00 bits per heavy atom. The molecule has 6 heteroatoms. The van der Waals surface area contributed by atoms with Gasteiger partial charge in [-0.1, -0.05) is 30.3 Å². The van der Waals surface area contributed by atoms with E-state index < -0.39 is 5.66 Å². The molecule has 4 N–H and O–H groups in total. The molecule has 0 aliphatic carbocycles. The van der Waals surface area contributed by atoms with Gasteiger partial charge in [-0.15, -0.1) is 0 Å². The molecule has 1 aliphatic heterocycles. The third-order valence-corrected chi connectivity index (χ3v) is 4.43. The van der Waals surface area contributed by atoms with E-state index in [4.69, 9.17) is 16.2 Å². The Morgan fingerprint density at radius 2 is 1.78 bits per heavy atom. The number of guanidine groups is 2. The van der Waals surface area contributed by atoms with Crippen molar-refractivity contribution < 1.29 is 4.74 Å². The van der Waals surface area contributed by atoms with E-state index in [1.165, 1.54) is 5.56 Å². The van der Waals surface area contributed by atoms with Crippen LogP contribution in [0.5, 0.6) is 5.75 Å². The summed E-state index contributed by atoms with van der Waals surface area (Å²) < 4.78 is 5.75. The Labute approximate surface area is 160 Å². The Kier molecular flexibility index (Phi) is 5.64. The van der Waals surface area contributed by atoms with Crippen molar-refractivity contribution >= 4 is 17.6 Å². The second-order valence-corrected chi connectivity index (χ2v) is 7.06. The molecule has 6 nitrogen and oxygen atoms in total. The minimum atomic E-state index is -0.571. The number of anilines is 1. The lowest BCUT2D eigenvalue weighted by molar-refractivity contribution is 0.307. The first-order valence-corrected chi connectivity index (χ1v) is 9.22. The molecule has 2 aromatic carbocycles. The van der Waals surface area contributed by atoms with Gasteiger partial charge in [0.2, 0.25) is 11.9 Å². The highest BCUT2D eigenvalue weighted by Crippen LogP contribution is 2.28. The highest BCUT2D eigenvalue weighted by atomic mass is 16.5. The largest absolute Gasteiger partial charge is 0.494 e. The van der Waals surface area contributed by atoms with Crippen molar-refractivity contribution in [1.29, 1.82) is 0 Å². The summed E-state index contributed by atoms with van der Waals surface area (Å²) >= 11 is 0. The monoisotopic (exact) mass is 365 g/mol. The van der Waals surface area contributed by atoms with Crippen LogP contribution in [0.2, 0.25) is 0 Å². The van der Waals surface area contributed by atoms with Crippen LogP contribution in [0.4, 0.5) is 5.69 Å². The summed E-state index contributed by atoms with van der Waals surface area (Å²) in [5, 5.41) is 0. The molecule has 0 spiro atoms. The van der Waals surface area contributed by atoms with Gasteiger partial charge in [0.25, 0.3) is 0 Å². The molecule has 0 saturated heterocycles. The summed E-state index contributed by atoms with van der Waals surface area (Å²) in [5.74, 6) is 1.49. The minimum absolute atomic E-state index is 0.211. The van der Waals surface area contributed by atoms with E-state index in [1.54, 1.807) is 0 Å². The van der Waals surface area contributed by atoms with E-state index in [9.17, 15) is 0 Å². The van der Waals surface area contributed by atoms with Gasteiger partial charge in [0.05, 0.1) is 6.61 Å².